The van der Waals surface area contributed by atoms with E-state index < -0.39 is 0 Å². The van der Waals surface area contributed by atoms with E-state index in [2.05, 4.69) is 5.32 Å². The van der Waals surface area contributed by atoms with Crippen molar-refractivity contribution in [3.63, 3.8) is 0 Å². The van der Waals surface area contributed by atoms with Crippen LogP contribution >= 0.6 is 11.8 Å². The van der Waals surface area contributed by atoms with Crippen LogP contribution in [0, 0.1) is 6.92 Å². The summed E-state index contributed by atoms with van der Waals surface area (Å²) in [7, 11) is 0. The monoisotopic (exact) mass is 252 g/mol. The number of hydrogen-bond donors (Lipinski definition) is 2. The number of nitrogens with two attached hydrogens (primary N) is 1. The van der Waals surface area contributed by atoms with Crippen LogP contribution < -0.4 is 11.1 Å². The van der Waals surface area contributed by atoms with Crippen LogP contribution in [0.2, 0.25) is 0 Å². The molecule has 0 aromatic heterocycles. The first-order chi connectivity index (χ1) is 8.00. The van der Waals surface area contributed by atoms with Gasteiger partial charge in [-0.3, -0.25) is 4.79 Å². The zero-order chi connectivity index (χ0) is 12.8. The standard InChI is InChI=1S/C13H20N2OS/c1-9(2)15-12(16)7-8-17-11-6-4-5-10(3)13(11)14/h4-6,9H,7-8,14H2,1-3H3,(H,15,16). The SMILES string of the molecule is Cc1cccc(SCCC(=O)NC(C)C)c1N. The smallest absolute Gasteiger partial charge is 0.221 e. The van der Waals surface area contributed by atoms with Crippen molar-refractivity contribution >= 4 is 23.4 Å². The highest BCUT2D eigenvalue weighted by atomic mass is 32.2. The molecule has 1 rings (SSSR count). The summed E-state index contributed by atoms with van der Waals surface area (Å²) in [5, 5.41) is 2.87. The predicted octanol–water partition coefficient (Wildman–Crippen LogP) is 2.58. The summed E-state index contributed by atoms with van der Waals surface area (Å²) in [6.45, 7) is 5.91. The number of nitrogen functional groups attached to an aromatic ring is 1. The summed E-state index contributed by atoms with van der Waals surface area (Å²) in [4.78, 5) is 12.5. The lowest BCUT2D eigenvalue weighted by molar-refractivity contribution is -0.121. The molecule has 0 heterocycles. The van der Waals surface area contributed by atoms with Crippen LogP contribution in [0.1, 0.15) is 25.8 Å². The minimum atomic E-state index is 0.0960. The molecule has 0 saturated carbocycles. The Kier molecular flexibility index (Phi) is 5.35. The van der Waals surface area contributed by atoms with Crippen molar-refractivity contribution < 1.29 is 4.79 Å². The van der Waals surface area contributed by atoms with E-state index in [-0.39, 0.29) is 11.9 Å². The molecule has 1 amide bonds. The molecule has 1 aromatic rings. The summed E-state index contributed by atoms with van der Waals surface area (Å²) >= 11 is 1.63. The van der Waals surface area contributed by atoms with Gasteiger partial charge in [-0.25, -0.2) is 0 Å². The lowest BCUT2D eigenvalue weighted by Gasteiger charge is -2.09. The largest absolute Gasteiger partial charge is 0.398 e. The molecule has 3 nitrogen and oxygen atoms in total. The van der Waals surface area contributed by atoms with E-state index in [0.29, 0.717) is 6.42 Å². The average molecular weight is 252 g/mol. The first kappa shape index (κ1) is 13.9. The Morgan fingerprint density at radius 3 is 2.82 bits per heavy atom. The van der Waals surface area contributed by atoms with E-state index in [1.54, 1.807) is 11.8 Å². The number of carbonyl (C=O) groups excluding carboxylic acids is 1. The Labute approximate surface area is 107 Å². The quantitative estimate of drug-likeness (QED) is 0.625. The number of amides is 1. The van der Waals surface area contributed by atoms with Gasteiger partial charge in [0.05, 0.1) is 0 Å². The molecule has 0 bridgehead atoms. The van der Waals surface area contributed by atoms with Gasteiger partial charge in [0.1, 0.15) is 0 Å². The number of nitrogens with one attached hydrogen (secondary N) is 1. The van der Waals surface area contributed by atoms with Gasteiger partial charge in [0.25, 0.3) is 0 Å². The van der Waals surface area contributed by atoms with Crippen LogP contribution in [0.5, 0.6) is 0 Å². The highest BCUT2D eigenvalue weighted by Crippen LogP contribution is 2.27. The zero-order valence-corrected chi connectivity index (χ0v) is 11.4. The molecular formula is C13H20N2OS. The molecule has 3 N–H and O–H groups in total. The van der Waals surface area contributed by atoms with Crippen LogP contribution in [-0.4, -0.2) is 17.7 Å². The number of para-hydroxylation sites is 1. The number of anilines is 1. The van der Waals surface area contributed by atoms with Crippen molar-refractivity contribution in [2.24, 2.45) is 0 Å². The van der Waals surface area contributed by atoms with Crippen molar-refractivity contribution in [2.75, 3.05) is 11.5 Å². The third kappa shape index (κ3) is 4.69. The fourth-order valence-corrected chi connectivity index (χ4v) is 2.43. The highest BCUT2D eigenvalue weighted by Gasteiger charge is 2.05. The molecule has 0 spiro atoms. The third-order valence-corrected chi connectivity index (χ3v) is 3.40. The number of benzene rings is 1. The van der Waals surface area contributed by atoms with Gasteiger partial charge in [-0.2, -0.15) is 0 Å². The summed E-state index contributed by atoms with van der Waals surface area (Å²) < 4.78 is 0. The van der Waals surface area contributed by atoms with Crippen LogP contribution in [-0.2, 0) is 4.79 Å². The third-order valence-electron chi connectivity index (χ3n) is 2.32. The maximum Gasteiger partial charge on any atom is 0.221 e. The summed E-state index contributed by atoms with van der Waals surface area (Å²) in [5.41, 5.74) is 7.86. The Morgan fingerprint density at radius 2 is 2.18 bits per heavy atom. The molecule has 0 unspecified atom stereocenters. The van der Waals surface area contributed by atoms with E-state index in [0.717, 1.165) is 21.9 Å². The molecule has 1 aromatic carbocycles. The first-order valence-corrected chi connectivity index (χ1v) is 6.76. The maximum atomic E-state index is 11.4. The number of thioether (sulfide) groups is 1. The van der Waals surface area contributed by atoms with E-state index in [9.17, 15) is 4.79 Å². The van der Waals surface area contributed by atoms with Crippen molar-refractivity contribution in [1.82, 2.24) is 5.32 Å². The van der Waals surface area contributed by atoms with Gasteiger partial charge in [-0.1, -0.05) is 12.1 Å². The van der Waals surface area contributed by atoms with Crippen molar-refractivity contribution in [3.8, 4) is 0 Å². The second-order valence-electron chi connectivity index (χ2n) is 4.31. The first-order valence-electron chi connectivity index (χ1n) is 5.78. The number of aryl methyl sites for hydroxylation is 1. The van der Waals surface area contributed by atoms with Gasteiger partial charge in [0.15, 0.2) is 0 Å². The molecule has 94 valence electrons. The maximum absolute atomic E-state index is 11.4. The molecular weight excluding hydrogens is 232 g/mol. The van der Waals surface area contributed by atoms with Crippen molar-refractivity contribution in [2.45, 2.75) is 38.1 Å². The molecule has 17 heavy (non-hydrogen) atoms. The van der Waals surface area contributed by atoms with Gasteiger partial charge < -0.3 is 11.1 Å². The molecule has 0 aliphatic heterocycles. The Balaban J connectivity index is 2.41. The van der Waals surface area contributed by atoms with E-state index in [1.807, 2.05) is 39.0 Å². The van der Waals surface area contributed by atoms with Crippen molar-refractivity contribution in [1.29, 1.82) is 0 Å². The van der Waals surface area contributed by atoms with Crippen LogP contribution in [0.15, 0.2) is 23.1 Å². The number of carbonyl (C=O) groups is 1. The second-order valence-corrected chi connectivity index (χ2v) is 5.44. The molecule has 0 fully saturated rings. The minimum Gasteiger partial charge on any atom is -0.398 e. The molecule has 0 aliphatic carbocycles. The fourth-order valence-electron chi connectivity index (χ4n) is 1.43. The highest BCUT2D eigenvalue weighted by molar-refractivity contribution is 7.99. The molecule has 0 radical (unpaired) electrons. The van der Waals surface area contributed by atoms with Crippen LogP contribution in [0.4, 0.5) is 5.69 Å². The number of hydrogen-bond acceptors (Lipinski definition) is 3. The van der Waals surface area contributed by atoms with Crippen molar-refractivity contribution in [3.05, 3.63) is 23.8 Å². The molecule has 0 aliphatic rings. The lowest BCUT2D eigenvalue weighted by Crippen LogP contribution is -2.30. The fraction of sp³-hybridized carbons (Fsp3) is 0.462. The van der Waals surface area contributed by atoms with Crippen LogP contribution in [0.25, 0.3) is 0 Å². The Hall–Kier alpha value is -1.16. The van der Waals surface area contributed by atoms with Gasteiger partial charge in [-0.15, -0.1) is 11.8 Å². The Bertz CT molecular complexity index is 391. The van der Waals surface area contributed by atoms with Gasteiger partial charge in [0.2, 0.25) is 5.91 Å². The second kappa shape index (κ2) is 6.55. The van der Waals surface area contributed by atoms with E-state index in [4.69, 9.17) is 5.73 Å². The summed E-state index contributed by atoms with van der Waals surface area (Å²) in [6, 6.07) is 6.18. The van der Waals surface area contributed by atoms with E-state index in [1.165, 1.54) is 0 Å². The van der Waals surface area contributed by atoms with Crippen LogP contribution in [0.3, 0.4) is 0 Å². The average Bonchev–Trinajstić information content (AvgIpc) is 2.23. The van der Waals surface area contributed by atoms with Gasteiger partial charge in [-0.05, 0) is 32.4 Å². The summed E-state index contributed by atoms with van der Waals surface area (Å²) in [5.74, 6) is 0.852. The normalized spacial score (nSPS) is 10.6. The number of rotatable bonds is 5. The van der Waals surface area contributed by atoms with Gasteiger partial charge >= 0.3 is 0 Å². The zero-order valence-electron chi connectivity index (χ0n) is 10.6. The van der Waals surface area contributed by atoms with E-state index >= 15 is 0 Å². The summed E-state index contributed by atoms with van der Waals surface area (Å²) in [6.07, 6.45) is 0.524. The van der Waals surface area contributed by atoms with Gasteiger partial charge in [0, 0.05) is 28.8 Å². The lowest BCUT2D eigenvalue weighted by atomic mass is 10.2. The topological polar surface area (TPSA) is 55.1 Å². The predicted molar refractivity (Wildman–Crippen MR) is 74.2 cm³/mol. The molecule has 4 heteroatoms. The molecule has 0 atom stereocenters. The minimum absolute atomic E-state index is 0.0960. The molecule has 0 saturated heterocycles. The Morgan fingerprint density at radius 1 is 1.47 bits per heavy atom.